The molecule has 1 saturated carbocycles. The highest BCUT2D eigenvalue weighted by Crippen LogP contribution is 2.25. The van der Waals surface area contributed by atoms with E-state index >= 15 is 0 Å². The number of hydrogen-bond acceptors (Lipinski definition) is 2. The van der Waals surface area contributed by atoms with Crippen molar-refractivity contribution in [1.29, 1.82) is 0 Å². The zero-order valence-electron chi connectivity index (χ0n) is 10.7. The minimum Gasteiger partial charge on any atom is -0.313 e. The van der Waals surface area contributed by atoms with Crippen molar-refractivity contribution in [3.8, 4) is 0 Å². The Balaban J connectivity index is 2.05. The van der Waals surface area contributed by atoms with Gasteiger partial charge in [0.2, 0.25) is 0 Å². The lowest BCUT2D eigenvalue weighted by Gasteiger charge is -2.16. The van der Waals surface area contributed by atoms with Gasteiger partial charge in [-0.3, -0.25) is 0 Å². The van der Waals surface area contributed by atoms with Gasteiger partial charge in [-0.05, 0) is 25.2 Å². The van der Waals surface area contributed by atoms with Gasteiger partial charge in [0.25, 0.3) is 0 Å². The first-order valence-corrected chi connectivity index (χ1v) is 7.94. The molecule has 0 radical (unpaired) electrons. The fourth-order valence-electron chi connectivity index (χ4n) is 2.49. The molecular weight excluding hydrogens is 214 g/mol. The predicted molar refractivity (Wildman–Crippen MR) is 76.2 cm³/mol. The van der Waals surface area contributed by atoms with Crippen LogP contribution in [0.1, 0.15) is 45.4 Å². The molecular formula is C14H27NS. The first kappa shape index (κ1) is 14.1. The summed E-state index contributed by atoms with van der Waals surface area (Å²) in [7, 11) is 0. The summed E-state index contributed by atoms with van der Waals surface area (Å²) in [6, 6.07) is 0.792. The number of thioether (sulfide) groups is 1. The minimum absolute atomic E-state index is 0.792. The fourth-order valence-corrected chi connectivity index (χ4v) is 3.09. The highest BCUT2D eigenvalue weighted by atomic mass is 32.2. The van der Waals surface area contributed by atoms with E-state index in [-0.39, 0.29) is 0 Å². The molecule has 2 heteroatoms. The molecule has 0 aliphatic heterocycles. The smallest absolute Gasteiger partial charge is 0.0111 e. The summed E-state index contributed by atoms with van der Waals surface area (Å²) in [6.45, 7) is 7.24. The van der Waals surface area contributed by atoms with E-state index in [0.29, 0.717) is 0 Å². The monoisotopic (exact) mass is 241 g/mol. The van der Waals surface area contributed by atoms with Crippen LogP contribution in [0.3, 0.4) is 0 Å². The van der Waals surface area contributed by atoms with E-state index in [1.165, 1.54) is 50.8 Å². The van der Waals surface area contributed by atoms with Gasteiger partial charge in [-0.2, -0.15) is 11.8 Å². The molecule has 0 spiro atoms. The number of rotatable bonds is 7. The second-order valence-corrected chi connectivity index (χ2v) is 5.95. The first-order valence-electron chi connectivity index (χ1n) is 6.78. The molecule has 16 heavy (non-hydrogen) atoms. The molecule has 0 saturated heterocycles. The lowest BCUT2D eigenvalue weighted by Crippen LogP contribution is -2.30. The van der Waals surface area contributed by atoms with Gasteiger partial charge in [-0.25, -0.2) is 0 Å². The van der Waals surface area contributed by atoms with Gasteiger partial charge in [0, 0.05) is 24.1 Å². The van der Waals surface area contributed by atoms with Crippen molar-refractivity contribution < 1.29 is 0 Å². The van der Waals surface area contributed by atoms with E-state index < -0.39 is 0 Å². The van der Waals surface area contributed by atoms with Crippen molar-refractivity contribution in [2.24, 2.45) is 5.92 Å². The molecule has 94 valence electrons. The molecule has 1 aliphatic rings. The van der Waals surface area contributed by atoms with Crippen LogP contribution in [0.2, 0.25) is 0 Å². The van der Waals surface area contributed by atoms with Crippen molar-refractivity contribution >= 4 is 11.8 Å². The summed E-state index contributed by atoms with van der Waals surface area (Å²) < 4.78 is 0. The Hall–Kier alpha value is 0.0500. The Morgan fingerprint density at radius 2 is 2.19 bits per heavy atom. The van der Waals surface area contributed by atoms with Crippen molar-refractivity contribution in [2.75, 3.05) is 18.1 Å². The van der Waals surface area contributed by atoms with Crippen LogP contribution in [0.4, 0.5) is 0 Å². The lowest BCUT2D eigenvalue weighted by atomic mass is 9.98. The third-order valence-corrected chi connectivity index (χ3v) is 4.55. The molecule has 0 bridgehead atoms. The molecule has 1 N–H and O–H groups in total. The van der Waals surface area contributed by atoms with Crippen LogP contribution in [0.5, 0.6) is 0 Å². The van der Waals surface area contributed by atoms with Gasteiger partial charge < -0.3 is 5.32 Å². The van der Waals surface area contributed by atoms with Gasteiger partial charge in [0.15, 0.2) is 0 Å². The highest BCUT2D eigenvalue weighted by molar-refractivity contribution is 7.99. The van der Waals surface area contributed by atoms with E-state index in [9.17, 15) is 0 Å². The van der Waals surface area contributed by atoms with E-state index in [2.05, 4.69) is 18.8 Å². The molecule has 0 aromatic carbocycles. The van der Waals surface area contributed by atoms with Crippen molar-refractivity contribution in [3.63, 3.8) is 0 Å². The Bertz CT molecular complexity index is 182. The van der Waals surface area contributed by atoms with Crippen molar-refractivity contribution in [3.05, 3.63) is 12.7 Å². The van der Waals surface area contributed by atoms with E-state index in [1.54, 1.807) is 0 Å². The molecule has 1 rings (SSSR count). The highest BCUT2D eigenvalue weighted by Gasteiger charge is 2.16. The van der Waals surface area contributed by atoms with Gasteiger partial charge in [0.05, 0.1) is 0 Å². The van der Waals surface area contributed by atoms with Crippen LogP contribution in [0, 0.1) is 5.92 Å². The molecule has 2 unspecified atom stereocenters. The number of hydrogen-bond donors (Lipinski definition) is 1. The standard InChI is InChI=1S/C14H27NS/c1-3-11-16-12-10-15-14-7-5-6-13(4-2)8-9-14/h3,13-15H,1,4-12H2,2H3. The summed E-state index contributed by atoms with van der Waals surface area (Å²) in [5, 5.41) is 3.71. The molecule has 2 atom stereocenters. The van der Waals surface area contributed by atoms with Gasteiger partial charge in [-0.1, -0.05) is 32.3 Å². The van der Waals surface area contributed by atoms with Crippen molar-refractivity contribution in [2.45, 2.75) is 51.5 Å². The molecule has 1 fully saturated rings. The van der Waals surface area contributed by atoms with Crippen LogP contribution in [-0.4, -0.2) is 24.1 Å². The van der Waals surface area contributed by atoms with Crippen LogP contribution >= 0.6 is 11.8 Å². The Kier molecular flexibility index (Phi) is 8.04. The molecule has 1 nitrogen and oxygen atoms in total. The van der Waals surface area contributed by atoms with Crippen LogP contribution in [0.15, 0.2) is 12.7 Å². The summed E-state index contributed by atoms with van der Waals surface area (Å²) >= 11 is 1.97. The van der Waals surface area contributed by atoms with Gasteiger partial charge in [0.1, 0.15) is 0 Å². The van der Waals surface area contributed by atoms with Gasteiger partial charge in [-0.15, -0.1) is 6.58 Å². The Labute approximate surface area is 105 Å². The maximum atomic E-state index is 3.74. The summed E-state index contributed by atoms with van der Waals surface area (Å²) in [5.41, 5.74) is 0. The molecule has 0 aromatic heterocycles. The van der Waals surface area contributed by atoms with Crippen molar-refractivity contribution in [1.82, 2.24) is 5.32 Å². The molecule has 0 aromatic rings. The second-order valence-electron chi connectivity index (χ2n) is 4.80. The minimum atomic E-state index is 0.792. The lowest BCUT2D eigenvalue weighted by molar-refractivity contribution is 0.430. The topological polar surface area (TPSA) is 12.0 Å². The quantitative estimate of drug-likeness (QED) is 0.413. The third kappa shape index (κ3) is 5.95. The average molecular weight is 241 g/mol. The zero-order valence-corrected chi connectivity index (χ0v) is 11.5. The maximum Gasteiger partial charge on any atom is 0.0111 e. The van der Waals surface area contributed by atoms with E-state index in [4.69, 9.17) is 0 Å². The third-order valence-electron chi connectivity index (χ3n) is 3.58. The first-order chi connectivity index (χ1) is 7.86. The fraction of sp³-hybridized carbons (Fsp3) is 0.857. The second kappa shape index (κ2) is 9.12. The summed E-state index contributed by atoms with van der Waals surface area (Å²) in [6.07, 6.45) is 10.5. The van der Waals surface area contributed by atoms with Gasteiger partial charge >= 0.3 is 0 Å². The van der Waals surface area contributed by atoms with E-state index in [0.717, 1.165) is 17.7 Å². The number of nitrogens with one attached hydrogen (secondary N) is 1. The Morgan fingerprint density at radius 3 is 2.94 bits per heavy atom. The van der Waals surface area contributed by atoms with Crippen LogP contribution in [-0.2, 0) is 0 Å². The zero-order chi connectivity index (χ0) is 11.6. The van der Waals surface area contributed by atoms with E-state index in [1.807, 2.05) is 17.8 Å². The normalized spacial score (nSPS) is 26.3. The molecule has 1 aliphatic carbocycles. The summed E-state index contributed by atoms with van der Waals surface area (Å²) in [4.78, 5) is 0. The molecule has 0 amide bonds. The average Bonchev–Trinajstić information content (AvgIpc) is 2.54. The maximum absolute atomic E-state index is 3.74. The SMILES string of the molecule is C=CCSCCNC1CCCC(CC)CC1. The largest absolute Gasteiger partial charge is 0.313 e. The Morgan fingerprint density at radius 1 is 1.31 bits per heavy atom. The molecule has 0 heterocycles. The van der Waals surface area contributed by atoms with Crippen LogP contribution in [0.25, 0.3) is 0 Å². The van der Waals surface area contributed by atoms with Crippen LogP contribution < -0.4 is 5.32 Å². The predicted octanol–water partition coefficient (Wildman–Crippen LogP) is 3.85. The summed E-state index contributed by atoms with van der Waals surface area (Å²) in [5.74, 6) is 3.31.